The fourth-order valence-electron chi connectivity index (χ4n) is 2.56. The summed E-state index contributed by atoms with van der Waals surface area (Å²) in [4.78, 5) is 12.2. The molecule has 0 aliphatic rings. The zero-order chi connectivity index (χ0) is 19.1. The van der Waals surface area contributed by atoms with Crippen molar-refractivity contribution in [1.29, 1.82) is 0 Å². The van der Waals surface area contributed by atoms with Gasteiger partial charge >= 0.3 is 0 Å². The van der Waals surface area contributed by atoms with E-state index < -0.39 is 27.2 Å². The lowest BCUT2D eigenvalue weighted by molar-refractivity contribution is 0.509. The quantitative estimate of drug-likeness (QED) is 0.733. The van der Waals surface area contributed by atoms with Crippen LogP contribution in [0.5, 0.6) is 0 Å². The number of rotatable bonds is 5. The zero-order valence-electron chi connectivity index (χ0n) is 14.0. The van der Waals surface area contributed by atoms with E-state index in [4.69, 9.17) is 0 Å². The second-order valence-corrected chi connectivity index (χ2v) is 7.24. The Morgan fingerprint density at radius 2 is 1.88 bits per heavy atom. The molecule has 0 unspecified atom stereocenters. The number of halogens is 2. The molecule has 1 aromatic carbocycles. The van der Waals surface area contributed by atoms with E-state index in [1.54, 1.807) is 6.92 Å². The van der Waals surface area contributed by atoms with Crippen LogP contribution in [0.3, 0.4) is 0 Å². The Balaban J connectivity index is 2.10. The second kappa shape index (κ2) is 6.52. The predicted molar refractivity (Wildman–Crippen MR) is 91.7 cm³/mol. The molecule has 7 nitrogen and oxygen atoms in total. The van der Waals surface area contributed by atoms with E-state index >= 15 is 0 Å². The molecule has 2 aromatic heterocycles. The summed E-state index contributed by atoms with van der Waals surface area (Å²) in [6, 6.07) is 3.90. The Morgan fingerprint density at radius 3 is 2.50 bits per heavy atom. The van der Waals surface area contributed by atoms with Crippen LogP contribution >= 0.6 is 0 Å². The van der Waals surface area contributed by atoms with Crippen LogP contribution in [0.4, 0.5) is 14.5 Å². The lowest BCUT2D eigenvalue weighted by Gasteiger charge is -2.07. The number of hydrogen-bond donors (Lipinski definition) is 1. The van der Waals surface area contributed by atoms with E-state index in [9.17, 15) is 22.0 Å². The van der Waals surface area contributed by atoms with E-state index in [0.717, 1.165) is 18.2 Å². The Labute approximate surface area is 147 Å². The van der Waals surface area contributed by atoms with Crippen molar-refractivity contribution in [2.45, 2.75) is 31.7 Å². The van der Waals surface area contributed by atoms with Crippen molar-refractivity contribution < 1.29 is 17.2 Å². The Morgan fingerprint density at radius 1 is 1.15 bits per heavy atom. The Bertz CT molecular complexity index is 1150. The number of nitrogens with one attached hydrogen (secondary N) is 1. The summed E-state index contributed by atoms with van der Waals surface area (Å²) in [5.74, 6) is -1.73. The highest BCUT2D eigenvalue weighted by Crippen LogP contribution is 2.20. The van der Waals surface area contributed by atoms with Gasteiger partial charge in [-0.25, -0.2) is 21.9 Å². The van der Waals surface area contributed by atoms with Gasteiger partial charge in [0.2, 0.25) is 0 Å². The SMILES string of the molecule is CCc1nn(CC)c(=O)c2cc(S(=O)(=O)Nc3ccc(F)c(F)c3)cn12. The van der Waals surface area contributed by atoms with Crippen molar-refractivity contribution in [3.05, 3.63) is 58.3 Å². The molecule has 2 heterocycles. The molecule has 0 saturated heterocycles. The summed E-state index contributed by atoms with van der Waals surface area (Å²) in [6.45, 7) is 3.94. The first kappa shape index (κ1) is 18.1. The number of benzene rings is 1. The smallest absolute Gasteiger partial charge is 0.291 e. The molecule has 26 heavy (non-hydrogen) atoms. The van der Waals surface area contributed by atoms with Crippen molar-refractivity contribution >= 4 is 21.2 Å². The average molecular weight is 382 g/mol. The predicted octanol–water partition coefficient (Wildman–Crippen LogP) is 2.16. The lowest BCUT2D eigenvalue weighted by Crippen LogP contribution is -2.26. The molecule has 0 atom stereocenters. The van der Waals surface area contributed by atoms with Gasteiger partial charge in [0.25, 0.3) is 15.6 Å². The highest BCUT2D eigenvalue weighted by molar-refractivity contribution is 7.92. The molecular weight excluding hydrogens is 366 g/mol. The van der Waals surface area contributed by atoms with Gasteiger partial charge in [-0.15, -0.1) is 0 Å². The molecule has 0 bridgehead atoms. The van der Waals surface area contributed by atoms with Crippen LogP contribution in [-0.4, -0.2) is 22.6 Å². The van der Waals surface area contributed by atoms with E-state index in [1.807, 2.05) is 6.92 Å². The molecule has 0 aliphatic heterocycles. The van der Waals surface area contributed by atoms with E-state index in [2.05, 4.69) is 9.82 Å². The first-order valence-corrected chi connectivity index (χ1v) is 9.35. The number of anilines is 1. The normalized spacial score (nSPS) is 11.8. The maximum Gasteiger partial charge on any atom is 0.291 e. The zero-order valence-corrected chi connectivity index (χ0v) is 14.8. The molecule has 3 aromatic rings. The molecule has 138 valence electrons. The number of nitrogens with zero attached hydrogens (tertiary/aromatic N) is 3. The highest BCUT2D eigenvalue weighted by Gasteiger charge is 2.20. The number of aryl methyl sites for hydroxylation is 2. The molecule has 1 N–H and O–H groups in total. The monoisotopic (exact) mass is 382 g/mol. The minimum atomic E-state index is -4.10. The van der Waals surface area contributed by atoms with Crippen molar-refractivity contribution in [3.63, 3.8) is 0 Å². The summed E-state index contributed by atoms with van der Waals surface area (Å²) in [7, 11) is -4.10. The fourth-order valence-corrected chi connectivity index (χ4v) is 3.62. The van der Waals surface area contributed by atoms with E-state index in [-0.39, 0.29) is 16.1 Å². The van der Waals surface area contributed by atoms with Gasteiger partial charge in [0, 0.05) is 25.2 Å². The Kier molecular flexibility index (Phi) is 4.53. The van der Waals surface area contributed by atoms with Crippen molar-refractivity contribution in [1.82, 2.24) is 14.2 Å². The third kappa shape index (κ3) is 3.07. The molecule has 0 saturated carbocycles. The minimum absolute atomic E-state index is 0.126. The minimum Gasteiger partial charge on any atom is -0.297 e. The van der Waals surface area contributed by atoms with Crippen LogP contribution in [0.2, 0.25) is 0 Å². The van der Waals surface area contributed by atoms with Crippen molar-refractivity contribution in [2.24, 2.45) is 0 Å². The second-order valence-electron chi connectivity index (χ2n) is 5.56. The van der Waals surface area contributed by atoms with Crippen LogP contribution < -0.4 is 10.3 Å². The molecular formula is C16H16F2N4O3S. The first-order chi connectivity index (χ1) is 12.3. The molecule has 0 radical (unpaired) electrons. The molecule has 0 amide bonds. The summed E-state index contributed by atoms with van der Waals surface area (Å²) in [6.07, 6.45) is 1.77. The van der Waals surface area contributed by atoms with Gasteiger partial charge in [0.05, 0.1) is 5.69 Å². The highest BCUT2D eigenvalue weighted by atomic mass is 32.2. The van der Waals surface area contributed by atoms with Gasteiger partial charge in [-0.05, 0) is 25.1 Å². The van der Waals surface area contributed by atoms with Crippen LogP contribution in [0.1, 0.15) is 19.7 Å². The van der Waals surface area contributed by atoms with Gasteiger partial charge in [0.15, 0.2) is 11.6 Å². The van der Waals surface area contributed by atoms with Gasteiger partial charge in [-0.2, -0.15) is 5.10 Å². The molecule has 3 rings (SSSR count). The van der Waals surface area contributed by atoms with Crippen LogP contribution in [0.25, 0.3) is 5.52 Å². The summed E-state index contributed by atoms with van der Waals surface area (Å²) >= 11 is 0. The average Bonchev–Trinajstić information content (AvgIpc) is 3.05. The number of hydrogen-bond acceptors (Lipinski definition) is 4. The largest absolute Gasteiger partial charge is 0.297 e. The van der Waals surface area contributed by atoms with E-state index in [0.29, 0.717) is 18.8 Å². The third-order valence-corrected chi connectivity index (χ3v) is 5.21. The van der Waals surface area contributed by atoms with Crippen LogP contribution in [-0.2, 0) is 23.0 Å². The van der Waals surface area contributed by atoms with Gasteiger partial charge in [0.1, 0.15) is 16.2 Å². The number of aromatic nitrogens is 3. The summed E-state index contributed by atoms with van der Waals surface area (Å²) < 4.78 is 56.3. The van der Waals surface area contributed by atoms with Gasteiger partial charge in [-0.3, -0.25) is 13.9 Å². The summed E-state index contributed by atoms with van der Waals surface area (Å²) in [5, 5.41) is 4.20. The van der Waals surface area contributed by atoms with Crippen LogP contribution in [0, 0.1) is 11.6 Å². The molecule has 0 spiro atoms. The Hall–Kier alpha value is -2.75. The van der Waals surface area contributed by atoms with Gasteiger partial charge in [-0.1, -0.05) is 6.92 Å². The van der Waals surface area contributed by atoms with Crippen molar-refractivity contribution in [3.8, 4) is 0 Å². The van der Waals surface area contributed by atoms with Crippen LogP contribution in [0.15, 0.2) is 40.2 Å². The maximum atomic E-state index is 13.3. The fraction of sp³-hybridized carbons (Fsp3) is 0.250. The first-order valence-electron chi connectivity index (χ1n) is 7.86. The third-order valence-electron chi connectivity index (χ3n) is 3.86. The summed E-state index contributed by atoms with van der Waals surface area (Å²) in [5.41, 5.74) is -0.373. The number of fused-ring (bicyclic) bond motifs is 1. The lowest BCUT2D eigenvalue weighted by atomic mass is 10.3. The number of sulfonamides is 1. The molecule has 0 fully saturated rings. The molecule has 10 heteroatoms. The van der Waals surface area contributed by atoms with E-state index in [1.165, 1.54) is 21.3 Å². The standard InChI is InChI=1S/C16H16F2N4O3S/c1-3-15-19-22(4-2)16(23)14-8-11(9-21(14)15)26(24,25)20-10-5-6-12(17)13(18)7-10/h5-9,20H,3-4H2,1-2H3. The molecule has 0 aliphatic carbocycles. The topological polar surface area (TPSA) is 85.5 Å². The maximum absolute atomic E-state index is 13.3. The van der Waals surface area contributed by atoms with Crippen molar-refractivity contribution in [2.75, 3.05) is 4.72 Å². The van der Waals surface area contributed by atoms with Gasteiger partial charge < -0.3 is 0 Å².